The molecule has 0 atom stereocenters. The van der Waals surface area contributed by atoms with Crippen molar-refractivity contribution in [3.05, 3.63) is 29.3 Å². The second-order valence-corrected chi connectivity index (χ2v) is 4.38. The molecule has 0 N–H and O–H groups in total. The van der Waals surface area contributed by atoms with Crippen molar-refractivity contribution in [3.8, 4) is 5.75 Å². The number of benzene rings is 1. The van der Waals surface area contributed by atoms with Gasteiger partial charge in [-0.3, -0.25) is 4.79 Å². The lowest BCUT2D eigenvalue weighted by Crippen LogP contribution is -2.25. The molecule has 0 spiro atoms. The number of ketones is 1. The average Bonchev–Trinajstić information content (AvgIpc) is 2.55. The predicted octanol–water partition coefficient (Wildman–Crippen LogP) is 2.75. The van der Waals surface area contributed by atoms with Crippen molar-refractivity contribution in [3.63, 3.8) is 0 Å². The Labute approximate surface area is 89.2 Å². The van der Waals surface area contributed by atoms with Crippen LogP contribution in [0, 0.1) is 0 Å². The second-order valence-electron chi connectivity index (χ2n) is 4.38. The van der Waals surface area contributed by atoms with Crippen LogP contribution in [0.3, 0.4) is 0 Å². The summed E-state index contributed by atoms with van der Waals surface area (Å²) in [5.74, 6) is 1.07. The maximum absolute atomic E-state index is 11.7. The van der Waals surface area contributed by atoms with Gasteiger partial charge in [0.15, 0.2) is 5.78 Å². The van der Waals surface area contributed by atoms with Crippen LogP contribution in [0.2, 0.25) is 0 Å². The summed E-state index contributed by atoms with van der Waals surface area (Å²) in [6, 6.07) is 5.96. The third-order valence-electron chi connectivity index (χ3n) is 3.36. The summed E-state index contributed by atoms with van der Waals surface area (Å²) >= 11 is 0. The SMILES string of the molecule is O=C1CCc2cccc(OC3CCC3)c21. The van der Waals surface area contributed by atoms with Crippen molar-refractivity contribution in [2.24, 2.45) is 0 Å². The van der Waals surface area contributed by atoms with E-state index in [-0.39, 0.29) is 5.78 Å². The van der Waals surface area contributed by atoms with E-state index in [2.05, 4.69) is 0 Å². The fourth-order valence-electron chi connectivity index (χ4n) is 2.24. The Kier molecular flexibility index (Phi) is 2.01. The molecule has 15 heavy (non-hydrogen) atoms. The highest BCUT2D eigenvalue weighted by Crippen LogP contribution is 2.33. The molecule has 0 amide bonds. The Hall–Kier alpha value is -1.31. The Morgan fingerprint density at radius 2 is 2.07 bits per heavy atom. The van der Waals surface area contributed by atoms with E-state index < -0.39 is 0 Å². The van der Waals surface area contributed by atoms with E-state index in [4.69, 9.17) is 4.74 Å². The minimum atomic E-state index is 0.250. The van der Waals surface area contributed by atoms with Crippen LogP contribution in [-0.2, 0) is 6.42 Å². The first-order valence-corrected chi connectivity index (χ1v) is 5.66. The Morgan fingerprint density at radius 1 is 1.20 bits per heavy atom. The van der Waals surface area contributed by atoms with Gasteiger partial charge in [-0.2, -0.15) is 0 Å². The molecule has 2 aliphatic carbocycles. The standard InChI is InChI=1S/C13H14O2/c14-11-8-7-9-3-1-6-12(13(9)11)15-10-4-2-5-10/h1,3,6,10H,2,4-5,7-8H2. The Balaban J connectivity index is 1.93. The molecule has 78 valence electrons. The van der Waals surface area contributed by atoms with Crippen LogP contribution in [0.15, 0.2) is 18.2 Å². The molecule has 2 aliphatic rings. The molecular weight excluding hydrogens is 188 g/mol. The van der Waals surface area contributed by atoms with Crippen LogP contribution >= 0.6 is 0 Å². The summed E-state index contributed by atoms with van der Waals surface area (Å²) in [5, 5.41) is 0. The number of carbonyl (C=O) groups is 1. The number of fused-ring (bicyclic) bond motifs is 1. The number of aryl methyl sites for hydroxylation is 1. The van der Waals surface area contributed by atoms with Gasteiger partial charge >= 0.3 is 0 Å². The van der Waals surface area contributed by atoms with E-state index in [1.54, 1.807) is 0 Å². The maximum atomic E-state index is 11.7. The molecule has 2 heteroatoms. The molecule has 3 rings (SSSR count). The van der Waals surface area contributed by atoms with E-state index in [0.29, 0.717) is 12.5 Å². The molecule has 1 aromatic carbocycles. The fraction of sp³-hybridized carbons (Fsp3) is 0.462. The van der Waals surface area contributed by atoms with Gasteiger partial charge in [-0.25, -0.2) is 0 Å². The van der Waals surface area contributed by atoms with Crippen LogP contribution in [0.25, 0.3) is 0 Å². The van der Waals surface area contributed by atoms with Gasteiger partial charge in [0.05, 0.1) is 11.7 Å². The number of ether oxygens (including phenoxy) is 1. The normalized spacial score (nSPS) is 19.9. The molecule has 0 saturated heterocycles. The molecule has 1 aromatic rings. The molecule has 0 aromatic heterocycles. The predicted molar refractivity (Wildman–Crippen MR) is 57.4 cm³/mol. The van der Waals surface area contributed by atoms with E-state index in [9.17, 15) is 4.79 Å². The number of Topliss-reactive ketones (excluding diaryl/α,β-unsaturated/α-hetero) is 1. The highest BCUT2D eigenvalue weighted by molar-refractivity contribution is 6.02. The number of rotatable bonds is 2. The average molecular weight is 202 g/mol. The van der Waals surface area contributed by atoms with Gasteiger partial charge in [0, 0.05) is 6.42 Å². The van der Waals surface area contributed by atoms with Gasteiger partial charge in [0.25, 0.3) is 0 Å². The fourth-order valence-corrected chi connectivity index (χ4v) is 2.24. The summed E-state index contributed by atoms with van der Waals surface area (Å²) in [4.78, 5) is 11.7. The van der Waals surface area contributed by atoms with Crippen LogP contribution in [-0.4, -0.2) is 11.9 Å². The minimum absolute atomic E-state index is 0.250. The number of carbonyl (C=O) groups excluding carboxylic acids is 1. The first kappa shape index (κ1) is 8.96. The summed E-state index contributed by atoms with van der Waals surface area (Å²) in [6.07, 6.45) is 5.42. The van der Waals surface area contributed by atoms with Crippen LogP contribution < -0.4 is 4.74 Å². The largest absolute Gasteiger partial charge is 0.490 e. The molecule has 2 nitrogen and oxygen atoms in total. The zero-order valence-corrected chi connectivity index (χ0v) is 8.66. The summed E-state index contributed by atoms with van der Waals surface area (Å²) in [5.41, 5.74) is 2.02. The zero-order chi connectivity index (χ0) is 10.3. The minimum Gasteiger partial charge on any atom is -0.490 e. The van der Waals surface area contributed by atoms with Crippen molar-refractivity contribution >= 4 is 5.78 Å². The molecule has 0 heterocycles. The van der Waals surface area contributed by atoms with Crippen molar-refractivity contribution in [1.82, 2.24) is 0 Å². The van der Waals surface area contributed by atoms with Crippen molar-refractivity contribution in [1.29, 1.82) is 0 Å². The van der Waals surface area contributed by atoms with Crippen LogP contribution in [0.1, 0.15) is 41.6 Å². The van der Waals surface area contributed by atoms with Gasteiger partial charge in [0.1, 0.15) is 5.75 Å². The molecular formula is C13H14O2. The Morgan fingerprint density at radius 3 is 2.80 bits per heavy atom. The third kappa shape index (κ3) is 1.44. The molecule has 0 unspecified atom stereocenters. The lowest BCUT2D eigenvalue weighted by atomic mass is 9.96. The van der Waals surface area contributed by atoms with E-state index in [1.165, 1.54) is 6.42 Å². The highest BCUT2D eigenvalue weighted by atomic mass is 16.5. The Bertz CT molecular complexity index is 405. The quantitative estimate of drug-likeness (QED) is 0.737. The van der Waals surface area contributed by atoms with Crippen LogP contribution in [0.5, 0.6) is 5.75 Å². The van der Waals surface area contributed by atoms with E-state index in [0.717, 1.165) is 36.1 Å². The van der Waals surface area contributed by atoms with Crippen molar-refractivity contribution in [2.75, 3.05) is 0 Å². The second kappa shape index (κ2) is 3.37. The summed E-state index contributed by atoms with van der Waals surface area (Å²) in [7, 11) is 0. The lowest BCUT2D eigenvalue weighted by Gasteiger charge is -2.27. The third-order valence-corrected chi connectivity index (χ3v) is 3.36. The van der Waals surface area contributed by atoms with Gasteiger partial charge in [-0.15, -0.1) is 0 Å². The summed E-state index contributed by atoms with van der Waals surface area (Å²) in [6.45, 7) is 0. The monoisotopic (exact) mass is 202 g/mol. The van der Waals surface area contributed by atoms with Crippen molar-refractivity contribution in [2.45, 2.75) is 38.2 Å². The van der Waals surface area contributed by atoms with Gasteiger partial charge < -0.3 is 4.74 Å². The van der Waals surface area contributed by atoms with Gasteiger partial charge in [-0.05, 0) is 37.3 Å². The van der Waals surface area contributed by atoms with E-state index in [1.807, 2.05) is 18.2 Å². The van der Waals surface area contributed by atoms with Gasteiger partial charge in [-0.1, -0.05) is 12.1 Å². The number of hydrogen-bond acceptors (Lipinski definition) is 2. The zero-order valence-electron chi connectivity index (χ0n) is 8.66. The first-order chi connectivity index (χ1) is 7.34. The van der Waals surface area contributed by atoms with Gasteiger partial charge in [0.2, 0.25) is 0 Å². The highest BCUT2D eigenvalue weighted by Gasteiger charge is 2.26. The molecule has 0 aliphatic heterocycles. The lowest BCUT2D eigenvalue weighted by molar-refractivity contribution is 0.0969. The van der Waals surface area contributed by atoms with Crippen LogP contribution in [0.4, 0.5) is 0 Å². The number of hydrogen-bond donors (Lipinski definition) is 0. The van der Waals surface area contributed by atoms with E-state index >= 15 is 0 Å². The molecule has 1 fully saturated rings. The topological polar surface area (TPSA) is 26.3 Å². The molecule has 0 bridgehead atoms. The summed E-state index contributed by atoms with van der Waals surface area (Å²) < 4.78 is 5.84. The first-order valence-electron chi connectivity index (χ1n) is 5.66. The molecule has 0 radical (unpaired) electrons. The molecule has 1 saturated carbocycles. The smallest absolute Gasteiger partial charge is 0.167 e. The van der Waals surface area contributed by atoms with Crippen molar-refractivity contribution < 1.29 is 9.53 Å². The maximum Gasteiger partial charge on any atom is 0.167 e.